The van der Waals surface area contributed by atoms with Crippen LogP contribution in [0.25, 0.3) is 0 Å². The van der Waals surface area contributed by atoms with Gasteiger partial charge >= 0.3 is 0 Å². The van der Waals surface area contributed by atoms with Crippen LogP contribution in [0, 0.1) is 0 Å². The number of rotatable bonds is 10. The standard InChI is InChI=1S/C28H32N2O4S/c1-3-34-24-11-6-10-22(18-24)30(26(31)19-25-12-7-17-35-25)27(20-13-15-23(33-2)16-14-20)28(32)29-21-8-4-5-9-21/h6-7,10-18,21,27H,3-5,8-9,19H2,1-2H3,(H,29,32)/t27-/m0/s1. The molecule has 1 atom stereocenters. The molecule has 0 aliphatic heterocycles. The van der Waals surface area contributed by atoms with Gasteiger partial charge in [-0.3, -0.25) is 14.5 Å². The summed E-state index contributed by atoms with van der Waals surface area (Å²) in [6.07, 6.45) is 4.35. The lowest BCUT2D eigenvalue weighted by molar-refractivity contribution is -0.127. The van der Waals surface area contributed by atoms with Crippen LogP contribution in [-0.4, -0.2) is 31.6 Å². The van der Waals surface area contributed by atoms with E-state index in [1.54, 1.807) is 12.0 Å². The van der Waals surface area contributed by atoms with Crippen LogP contribution in [0.4, 0.5) is 5.69 Å². The van der Waals surface area contributed by atoms with Gasteiger partial charge in [-0.15, -0.1) is 11.3 Å². The minimum atomic E-state index is -0.828. The zero-order chi connectivity index (χ0) is 24.6. The van der Waals surface area contributed by atoms with E-state index in [0.717, 1.165) is 36.1 Å². The van der Waals surface area contributed by atoms with E-state index in [1.807, 2.05) is 73.0 Å². The quantitative estimate of drug-likeness (QED) is 0.404. The Morgan fingerprint density at radius 2 is 1.83 bits per heavy atom. The third-order valence-electron chi connectivity index (χ3n) is 6.22. The SMILES string of the molecule is CCOc1cccc(N(C(=O)Cc2cccs2)[C@H](C(=O)NC2CCCC2)c2ccc(OC)cc2)c1. The molecule has 2 aromatic carbocycles. The Balaban J connectivity index is 1.77. The summed E-state index contributed by atoms with van der Waals surface area (Å²) in [7, 11) is 1.61. The Morgan fingerprint density at radius 3 is 2.49 bits per heavy atom. The lowest BCUT2D eigenvalue weighted by Gasteiger charge is -2.32. The summed E-state index contributed by atoms with van der Waals surface area (Å²) in [5.41, 5.74) is 1.35. The average molecular weight is 493 g/mol. The summed E-state index contributed by atoms with van der Waals surface area (Å²) in [4.78, 5) is 30.2. The highest BCUT2D eigenvalue weighted by Crippen LogP contribution is 2.33. The fourth-order valence-electron chi connectivity index (χ4n) is 4.53. The zero-order valence-electron chi connectivity index (χ0n) is 20.2. The van der Waals surface area contributed by atoms with Crippen LogP contribution in [0.3, 0.4) is 0 Å². The van der Waals surface area contributed by atoms with E-state index in [2.05, 4.69) is 5.32 Å². The number of hydrogen-bond acceptors (Lipinski definition) is 5. The zero-order valence-corrected chi connectivity index (χ0v) is 21.1. The maximum atomic E-state index is 13.8. The van der Waals surface area contributed by atoms with Crippen molar-refractivity contribution in [2.45, 2.75) is 51.1 Å². The van der Waals surface area contributed by atoms with E-state index in [-0.39, 0.29) is 24.3 Å². The summed E-state index contributed by atoms with van der Waals surface area (Å²) in [6, 6.07) is 17.9. The number of carbonyl (C=O) groups is 2. The number of hydrogen-bond donors (Lipinski definition) is 1. The van der Waals surface area contributed by atoms with Crippen molar-refractivity contribution in [2.75, 3.05) is 18.6 Å². The molecule has 4 rings (SSSR count). The summed E-state index contributed by atoms with van der Waals surface area (Å²) in [5.74, 6) is 1.02. The van der Waals surface area contributed by atoms with Gasteiger partial charge in [0.15, 0.2) is 0 Å². The molecule has 1 aliphatic rings. The summed E-state index contributed by atoms with van der Waals surface area (Å²) in [5, 5.41) is 5.17. The van der Waals surface area contributed by atoms with Crippen LogP contribution in [0.1, 0.15) is 49.1 Å². The van der Waals surface area contributed by atoms with Gasteiger partial charge in [0.1, 0.15) is 17.5 Å². The first-order valence-corrected chi connectivity index (χ1v) is 13.0. The molecule has 0 unspecified atom stereocenters. The topological polar surface area (TPSA) is 67.9 Å². The van der Waals surface area contributed by atoms with Gasteiger partial charge in [-0.05, 0) is 61.0 Å². The van der Waals surface area contributed by atoms with Crippen molar-refractivity contribution < 1.29 is 19.1 Å². The Kier molecular flexibility index (Phi) is 8.42. The van der Waals surface area contributed by atoms with E-state index in [0.29, 0.717) is 23.8 Å². The highest BCUT2D eigenvalue weighted by molar-refractivity contribution is 7.10. The number of benzene rings is 2. The van der Waals surface area contributed by atoms with Gasteiger partial charge in [0.05, 0.1) is 20.1 Å². The highest BCUT2D eigenvalue weighted by atomic mass is 32.1. The Hall–Kier alpha value is -3.32. The molecule has 35 heavy (non-hydrogen) atoms. The minimum absolute atomic E-state index is 0.132. The molecule has 6 nitrogen and oxygen atoms in total. The van der Waals surface area contributed by atoms with Crippen LogP contribution in [0.5, 0.6) is 11.5 Å². The van der Waals surface area contributed by atoms with Crippen molar-refractivity contribution in [2.24, 2.45) is 0 Å². The third kappa shape index (κ3) is 6.22. The summed E-state index contributed by atoms with van der Waals surface area (Å²) in [6.45, 7) is 2.43. The number of nitrogens with one attached hydrogen (secondary N) is 1. The van der Waals surface area contributed by atoms with E-state index in [1.165, 1.54) is 11.3 Å². The van der Waals surface area contributed by atoms with E-state index < -0.39 is 6.04 Å². The predicted molar refractivity (Wildman–Crippen MR) is 139 cm³/mol. The Labute approximate surface area is 210 Å². The number of methoxy groups -OCH3 is 1. The molecule has 0 spiro atoms. The maximum absolute atomic E-state index is 13.8. The first-order chi connectivity index (χ1) is 17.1. The summed E-state index contributed by atoms with van der Waals surface area (Å²) >= 11 is 1.53. The second-order valence-electron chi connectivity index (χ2n) is 8.62. The molecule has 1 fully saturated rings. The molecule has 2 amide bonds. The first kappa shape index (κ1) is 24.8. The lowest BCUT2D eigenvalue weighted by atomic mass is 10.0. The van der Waals surface area contributed by atoms with Gasteiger partial charge < -0.3 is 14.8 Å². The molecule has 7 heteroatoms. The maximum Gasteiger partial charge on any atom is 0.248 e. The fraction of sp³-hybridized carbons (Fsp3) is 0.357. The van der Waals surface area contributed by atoms with Gasteiger partial charge in [0, 0.05) is 22.7 Å². The second-order valence-corrected chi connectivity index (χ2v) is 9.65. The Bertz CT molecular complexity index is 1110. The molecule has 1 N–H and O–H groups in total. The summed E-state index contributed by atoms with van der Waals surface area (Å²) < 4.78 is 11.0. The van der Waals surface area contributed by atoms with Gasteiger partial charge in [-0.1, -0.05) is 37.1 Å². The molecular formula is C28H32N2O4S. The number of ether oxygens (including phenoxy) is 2. The van der Waals surface area contributed by atoms with Gasteiger partial charge in [-0.2, -0.15) is 0 Å². The normalized spacial score (nSPS) is 14.3. The smallest absolute Gasteiger partial charge is 0.248 e. The van der Waals surface area contributed by atoms with Crippen molar-refractivity contribution in [3.8, 4) is 11.5 Å². The molecule has 0 radical (unpaired) electrons. The van der Waals surface area contributed by atoms with Crippen molar-refractivity contribution >= 4 is 28.8 Å². The Morgan fingerprint density at radius 1 is 1.06 bits per heavy atom. The highest BCUT2D eigenvalue weighted by Gasteiger charge is 2.34. The van der Waals surface area contributed by atoms with E-state index in [4.69, 9.17) is 9.47 Å². The van der Waals surface area contributed by atoms with Crippen molar-refractivity contribution in [1.29, 1.82) is 0 Å². The van der Waals surface area contributed by atoms with Gasteiger partial charge in [0.2, 0.25) is 11.8 Å². The van der Waals surface area contributed by atoms with Crippen LogP contribution in [0.15, 0.2) is 66.0 Å². The number of carbonyl (C=O) groups excluding carboxylic acids is 2. The van der Waals surface area contributed by atoms with Crippen molar-refractivity contribution in [3.63, 3.8) is 0 Å². The molecule has 184 valence electrons. The van der Waals surface area contributed by atoms with E-state index in [9.17, 15) is 9.59 Å². The predicted octanol–water partition coefficient (Wildman–Crippen LogP) is 5.53. The molecule has 3 aromatic rings. The molecule has 0 saturated heterocycles. The largest absolute Gasteiger partial charge is 0.497 e. The molecule has 1 saturated carbocycles. The van der Waals surface area contributed by atoms with Crippen LogP contribution in [0.2, 0.25) is 0 Å². The third-order valence-corrected chi connectivity index (χ3v) is 7.10. The fourth-order valence-corrected chi connectivity index (χ4v) is 5.22. The molecular weight excluding hydrogens is 460 g/mol. The van der Waals surface area contributed by atoms with Gasteiger partial charge in [0.25, 0.3) is 0 Å². The van der Waals surface area contributed by atoms with Gasteiger partial charge in [-0.25, -0.2) is 0 Å². The molecule has 1 aliphatic carbocycles. The number of nitrogens with zero attached hydrogens (tertiary/aromatic N) is 1. The second kappa shape index (κ2) is 11.9. The van der Waals surface area contributed by atoms with Crippen LogP contribution < -0.4 is 19.7 Å². The van der Waals surface area contributed by atoms with Crippen molar-refractivity contribution in [3.05, 3.63) is 76.5 Å². The molecule has 1 aromatic heterocycles. The van der Waals surface area contributed by atoms with Crippen LogP contribution >= 0.6 is 11.3 Å². The number of anilines is 1. The average Bonchev–Trinajstić information content (AvgIpc) is 3.57. The number of thiophene rings is 1. The van der Waals surface area contributed by atoms with Crippen molar-refractivity contribution in [1.82, 2.24) is 5.32 Å². The molecule has 1 heterocycles. The van der Waals surface area contributed by atoms with Crippen LogP contribution in [-0.2, 0) is 16.0 Å². The lowest BCUT2D eigenvalue weighted by Crippen LogP contribution is -2.46. The molecule has 0 bridgehead atoms. The number of amides is 2. The van der Waals surface area contributed by atoms with E-state index >= 15 is 0 Å². The first-order valence-electron chi connectivity index (χ1n) is 12.1. The monoisotopic (exact) mass is 492 g/mol. The minimum Gasteiger partial charge on any atom is -0.497 e.